The molecular formula is C15H23ClN2O. The fourth-order valence-corrected chi connectivity index (χ4v) is 2.96. The number of rotatable bonds is 5. The lowest BCUT2D eigenvalue weighted by Gasteiger charge is -2.32. The third-order valence-electron chi connectivity index (χ3n) is 3.67. The predicted octanol–water partition coefficient (Wildman–Crippen LogP) is 2.91. The van der Waals surface area contributed by atoms with E-state index in [1.807, 2.05) is 19.1 Å². The number of benzene rings is 1. The van der Waals surface area contributed by atoms with Gasteiger partial charge in [-0.25, -0.2) is 0 Å². The Hall–Kier alpha value is -0.770. The highest BCUT2D eigenvalue weighted by Crippen LogP contribution is 2.30. The van der Waals surface area contributed by atoms with Crippen LogP contribution in [0.5, 0.6) is 5.75 Å². The van der Waals surface area contributed by atoms with E-state index in [0.717, 1.165) is 31.9 Å². The van der Waals surface area contributed by atoms with E-state index < -0.39 is 0 Å². The van der Waals surface area contributed by atoms with E-state index in [-0.39, 0.29) is 0 Å². The summed E-state index contributed by atoms with van der Waals surface area (Å²) < 4.78 is 5.68. The molecular weight excluding hydrogens is 260 g/mol. The summed E-state index contributed by atoms with van der Waals surface area (Å²) in [6.45, 7) is 6.51. The van der Waals surface area contributed by atoms with Gasteiger partial charge in [0, 0.05) is 18.7 Å². The number of likely N-dealkylation sites (tertiary alicyclic amines) is 1. The fraction of sp³-hybridized carbons (Fsp3) is 0.600. The summed E-state index contributed by atoms with van der Waals surface area (Å²) in [7, 11) is 0. The summed E-state index contributed by atoms with van der Waals surface area (Å²) in [4.78, 5) is 2.45. The first-order valence-electron chi connectivity index (χ1n) is 7.07. The van der Waals surface area contributed by atoms with Gasteiger partial charge in [0.2, 0.25) is 0 Å². The van der Waals surface area contributed by atoms with Crippen molar-refractivity contribution in [2.45, 2.75) is 26.3 Å². The molecule has 0 saturated carbocycles. The molecule has 1 atom stereocenters. The van der Waals surface area contributed by atoms with Crippen LogP contribution < -0.4 is 10.5 Å². The maximum atomic E-state index is 6.22. The molecule has 2 N–H and O–H groups in total. The summed E-state index contributed by atoms with van der Waals surface area (Å²) >= 11 is 6.22. The molecule has 1 aliphatic rings. The molecule has 1 aromatic carbocycles. The minimum absolute atomic E-state index is 0.628. The smallest absolute Gasteiger partial charge is 0.142 e. The van der Waals surface area contributed by atoms with E-state index in [0.29, 0.717) is 17.5 Å². The second-order valence-electron chi connectivity index (χ2n) is 5.14. The molecule has 106 valence electrons. The molecule has 0 aromatic heterocycles. The van der Waals surface area contributed by atoms with Crippen molar-refractivity contribution < 1.29 is 4.74 Å². The molecule has 1 unspecified atom stereocenters. The summed E-state index contributed by atoms with van der Waals surface area (Å²) in [5.74, 6) is 1.46. The van der Waals surface area contributed by atoms with Gasteiger partial charge in [0.25, 0.3) is 0 Å². The summed E-state index contributed by atoms with van der Waals surface area (Å²) in [5, 5.41) is 0.701. The zero-order valence-electron chi connectivity index (χ0n) is 11.6. The van der Waals surface area contributed by atoms with Gasteiger partial charge in [0.1, 0.15) is 5.75 Å². The van der Waals surface area contributed by atoms with Crippen molar-refractivity contribution in [3.05, 3.63) is 28.8 Å². The number of nitrogens with zero attached hydrogens (tertiary/aromatic N) is 1. The Morgan fingerprint density at radius 2 is 2.32 bits per heavy atom. The minimum Gasteiger partial charge on any atom is -0.492 e. The van der Waals surface area contributed by atoms with Crippen LogP contribution in [0.1, 0.15) is 25.3 Å². The van der Waals surface area contributed by atoms with E-state index in [1.54, 1.807) is 0 Å². The van der Waals surface area contributed by atoms with Crippen LogP contribution in [0.15, 0.2) is 18.2 Å². The Labute approximate surface area is 120 Å². The molecule has 0 bridgehead atoms. The standard InChI is InChI=1S/C15H23ClN2O/c1-2-19-15-13(6-3-7-14(15)16)11-18-8-4-5-12(9-17)10-18/h3,6-7,12H,2,4-5,8-11,17H2,1H3. The van der Waals surface area contributed by atoms with Gasteiger partial charge in [0.15, 0.2) is 0 Å². The lowest BCUT2D eigenvalue weighted by molar-refractivity contribution is 0.169. The van der Waals surface area contributed by atoms with E-state index in [2.05, 4.69) is 11.0 Å². The van der Waals surface area contributed by atoms with E-state index >= 15 is 0 Å². The van der Waals surface area contributed by atoms with E-state index in [4.69, 9.17) is 22.1 Å². The van der Waals surface area contributed by atoms with Gasteiger partial charge in [-0.05, 0) is 44.8 Å². The second kappa shape index (κ2) is 7.13. The molecule has 0 spiro atoms. The first-order valence-corrected chi connectivity index (χ1v) is 7.45. The summed E-state index contributed by atoms with van der Waals surface area (Å²) in [6.07, 6.45) is 2.48. The van der Waals surface area contributed by atoms with Gasteiger partial charge in [-0.15, -0.1) is 0 Å². The molecule has 3 nitrogen and oxygen atoms in total. The van der Waals surface area contributed by atoms with Gasteiger partial charge in [-0.3, -0.25) is 4.90 Å². The average molecular weight is 283 g/mol. The Bertz CT molecular complexity index is 411. The molecule has 1 heterocycles. The zero-order valence-corrected chi connectivity index (χ0v) is 12.3. The molecule has 4 heteroatoms. The molecule has 2 rings (SSSR count). The quantitative estimate of drug-likeness (QED) is 0.902. The van der Waals surface area contributed by atoms with Crippen LogP contribution >= 0.6 is 11.6 Å². The number of para-hydroxylation sites is 1. The van der Waals surface area contributed by atoms with Crippen LogP contribution in [0.4, 0.5) is 0 Å². The Morgan fingerprint density at radius 1 is 1.47 bits per heavy atom. The topological polar surface area (TPSA) is 38.5 Å². The van der Waals surface area contributed by atoms with Gasteiger partial charge in [0.05, 0.1) is 11.6 Å². The maximum absolute atomic E-state index is 6.22. The predicted molar refractivity (Wildman–Crippen MR) is 79.7 cm³/mol. The molecule has 1 fully saturated rings. The van der Waals surface area contributed by atoms with Gasteiger partial charge in [-0.2, -0.15) is 0 Å². The van der Waals surface area contributed by atoms with Crippen LogP contribution in [-0.4, -0.2) is 31.1 Å². The number of piperidine rings is 1. The van der Waals surface area contributed by atoms with Crippen molar-refractivity contribution in [3.63, 3.8) is 0 Å². The van der Waals surface area contributed by atoms with Crippen LogP contribution in [0.3, 0.4) is 0 Å². The highest BCUT2D eigenvalue weighted by Gasteiger charge is 2.20. The Balaban J connectivity index is 2.07. The third kappa shape index (κ3) is 3.85. The Kier molecular flexibility index (Phi) is 5.49. The normalized spacial score (nSPS) is 20.5. The maximum Gasteiger partial charge on any atom is 0.142 e. The average Bonchev–Trinajstić information content (AvgIpc) is 2.43. The van der Waals surface area contributed by atoms with Crippen molar-refractivity contribution in [3.8, 4) is 5.75 Å². The Morgan fingerprint density at radius 3 is 3.05 bits per heavy atom. The first-order chi connectivity index (χ1) is 9.24. The molecule has 0 aliphatic carbocycles. The highest BCUT2D eigenvalue weighted by atomic mass is 35.5. The molecule has 1 aromatic rings. The minimum atomic E-state index is 0.628. The third-order valence-corrected chi connectivity index (χ3v) is 3.97. The molecule has 0 amide bonds. The van der Waals surface area contributed by atoms with Crippen molar-refractivity contribution in [2.24, 2.45) is 11.7 Å². The first kappa shape index (κ1) is 14.6. The summed E-state index contributed by atoms with van der Waals surface area (Å²) in [6, 6.07) is 5.97. The largest absolute Gasteiger partial charge is 0.492 e. The second-order valence-corrected chi connectivity index (χ2v) is 5.55. The van der Waals surface area contributed by atoms with Crippen LogP contribution in [0.2, 0.25) is 5.02 Å². The number of nitrogens with two attached hydrogens (primary N) is 1. The van der Waals surface area contributed by atoms with Gasteiger partial charge < -0.3 is 10.5 Å². The van der Waals surface area contributed by atoms with Gasteiger partial charge in [-0.1, -0.05) is 23.7 Å². The number of halogens is 1. The molecule has 0 radical (unpaired) electrons. The molecule has 1 aliphatic heterocycles. The van der Waals surface area contributed by atoms with Crippen LogP contribution in [0, 0.1) is 5.92 Å². The zero-order chi connectivity index (χ0) is 13.7. The lowest BCUT2D eigenvalue weighted by atomic mass is 9.98. The summed E-state index contributed by atoms with van der Waals surface area (Å²) in [5.41, 5.74) is 6.96. The van der Waals surface area contributed by atoms with Gasteiger partial charge >= 0.3 is 0 Å². The van der Waals surface area contributed by atoms with Crippen molar-refractivity contribution in [1.82, 2.24) is 4.90 Å². The van der Waals surface area contributed by atoms with E-state index in [1.165, 1.54) is 18.4 Å². The van der Waals surface area contributed by atoms with Crippen molar-refractivity contribution in [2.75, 3.05) is 26.2 Å². The monoisotopic (exact) mass is 282 g/mol. The SMILES string of the molecule is CCOc1c(Cl)cccc1CN1CCCC(CN)C1. The fourth-order valence-electron chi connectivity index (χ4n) is 2.71. The van der Waals surface area contributed by atoms with Crippen molar-refractivity contribution >= 4 is 11.6 Å². The number of hydrogen-bond acceptors (Lipinski definition) is 3. The number of hydrogen-bond donors (Lipinski definition) is 1. The molecule has 19 heavy (non-hydrogen) atoms. The highest BCUT2D eigenvalue weighted by molar-refractivity contribution is 6.32. The van der Waals surface area contributed by atoms with Crippen molar-refractivity contribution in [1.29, 1.82) is 0 Å². The van der Waals surface area contributed by atoms with Crippen LogP contribution in [-0.2, 0) is 6.54 Å². The van der Waals surface area contributed by atoms with E-state index in [9.17, 15) is 0 Å². The van der Waals surface area contributed by atoms with Crippen LogP contribution in [0.25, 0.3) is 0 Å². The molecule has 1 saturated heterocycles. The lowest BCUT2D eigenvalue weighted by Crippen LogP contribution is -2.37. The number of ether oxygens (including phenoxy) is 1.